The summed E-state index contributed by atoms with van der Waals surface area (Å²) >= 11 is 0. The summed E-state index contributed by atoms with van der Waals surface area (Å²) < 4.78 is 0. The van der Waals surface area contributed by atoms with Gasteiger partial charge in [0.15, 0.2) is 0 Å². The molecule has 106 valence electrons. The Morgan fingerprint density at radius 2 is 1.89 bits per heavy atom. The van der Waals surface area contributed by atoms with Gasteiger partial charge in [0.1, 0.15) is 18.0 Å². The minimum atomic E-state index is 0.320. The third-order valence-corrected chi connectivity index (χ3v) is 3.66. The summed E-state index contributed by atoms with van der Waals surface area (Å²) in [5.41, 5.74) is 3.72. The highest BCUT2D eigenvalue weighted by Gasteiger charge is 2.20. The van der Waals surface area contributed by atoms with E-state index in [4.69, 9.17) is 5.84 Å². The summed E-state index contributed by atoms with van der Waals surface area (Å²) in [5, 5.41) is 3.55. The Hall–Kier alpha value is -1.40. The Kier molecular flexibility index (Phi) is 4.55. The molecule has 0 radical (unpaired) electrons. The van der Waals surface area contributed by atoms with Crippen molar-refractivity contribution in [3.8, 4) is 0 Å². The summed E-state index contributed by atoms with van der Waals surface area (Å²) in [6, 6.07) is 0.481. The van der Waals surface area contributed by atoms with Gasteiger partial charge in [0, 0.05) is 11.6 Å². The molecule has 0 saturated carbocycles. The molecule has 0 aliphatic carbocycles. The average Bonchev–Trinajstić information content (AvgIpc) is 2.40. The van der Waals surface area contributed by atoms with Crippen LogP contribution in [0, 0.1) is 0 Å². The highest BCUT2D eigenvalue weighted by Crippen LogP contribution is 2.29. The molecular weight excluding hydrogens is 240 g/mol. The van der Waals surface area contributed by atoms with Crippen LogP contribution in [0.3, 0.4) is 0 Å². The number of nitrogens with zero attached hydrogens (tertiary/aromatic N) is 3. The van der Waals surface area contributed by atoms with Crippen LogP contribution in [0.5, 0.6) is 0 Å². The minimum absolute atomic E-state index is 0.320. The van der Waals surface area contributed by atoms with Crippen LogP contribution < -0.4 is 16.6 Å². The molecule has 0 unspecified atom stereocenters. The normalized spacial score (nSPS) is 17.7. The first-order chi connectivity index (χ1) is 9.11. The zero-order chi connectivity index (χ0) is 13.8. The smallest absolute Gasteiger partial charge is 0.148 e. The van der Waals surface area contributed by atoms with Gasteiger partial charge in [-0.05, 0) is 38.9 Å². The molecule has 0 aromatic carbocycles. The third-order valence-electron chi connectivity index (χ3n) is 3.66. The molecule has 0 amide bonds. The van der Waals surface area contributed by atoms with E-state index in [-0.39, 0.29) is 0 Å². The van der Waals surface area contributed by atoms with Crippen molar-refractivity contribution in [2.24, 2.45) is 5.84 Å². The fourth-order valence-electron chi connectivity index (χ4n) is 2.52. The number of piperidine rings is 1. The molecule has 0 atom stereocenters. The van der Waals surface area contributed by atoms with E-state index in [1.165, 1.54) is 0 Å². The zero-order valence-electron chi connectivity index (χ0n) is 12.0. The van der Waals surface area contributed by atoms with Crippen LogP contribution in [0.1, 0.15) is 38.2 Å². The van der Waals surface area contributed by atoms with Crippen molar-refractivity contribution >= 4 is 11.6 Å². The van der Waals surface area contributed by atoms with Crippen LogP contribution in [-0.4, -0.2) is 41.0 Å². The first-order valence-corrected chi connectivity index (χ1v) is 6.88. The molecular formula is C13H24N6. The van der Waals surface area contributed by atoms with Crippen molar-refractivity contribution in [2.45, 2.75) is 38.6 Å². The number of nitrogens with one attached hydrogen (secondary N) is 2. The van der Waals surface area contributed by atoms with Crippen LogP contribution in [0.25, 0.3) is 0 Å². The van der Waals surface area contributed by atoms with E-state index >= 15 is 0 Å². The fraction of sp³-hybridized carbons (Fsp3) is 0.692. The van der Waals surface area contributed by atoms with Gasteiger partial charge in [0.25, 0.3) is 0 Å². The Morgan fingerprint density at radius 3 is 2.47 bits per heavy atom. The molecule has 1 aromatic rings. The second kappa shape index (κ2) is 6.16. The molecule has 2 rings (SSSR count). The lowest BCUT2D eigenvalue weighted by Crippen LogP contribution is -2.37. The lowest BCUT2D eigenvalue weighted by atomic mass is 10.0. The Labute approximate surface area is 114 Å². The molecule has 1 aliphatic rings. The molecule has 0 spiro atoms. The predicted molar refractivity (Wildman–Crippen MR) is 78.1 cm³/mol. The van der Waals surface area contributed by atoms with Gasteiger partial charge in [-0.2, -0.15) is 0 Å². The maximum atomic E-state index is 5.53. The molecule has 6 nitrogen and oxygen atoms in total. The second-order valence-electron chi connectivity index (χ2n) is 5.51. The van der Waals surface area contributed by atoms with E-state index in [0.717, 1.165) is 37.3 Å². The number of rotatable bonds is 4. The summed E-state index contributed by atoms with van der Waals surface area (Å²) in [6.07, 6.45) is 3.84. The van der Waals surface area contributed by atoms with Gasteiger partial charge in [-0.3, -0.25) is 0 Å². The quantitative estimate of drug-likeness (QED) is 0.563. The number of nitrogen functional groups attached to an aromatic ring is 1. The molecule has 4 N–H and O–H groups in total. The molecule has 6 heteroatoms. The lowest BCUT2D eigenvalue weighted by Gasteiger charge is -2.30. The number of hydrazine groups is 1. The van der Waals surface area contributed by atoms with E-state index < -0.39 is 0 Å². The van der Waals surface area contributed by atoms with Crippen LogP contribution in [0.15, 0.2) is 6.33 Å². The summed E-state index contributed by atoms with van der Waals surface area (Å²) in [4.78, 5) is 10.9. The van der Waals surface area contributed by atoms with Crippen LogP contribution in [-0.2, 0) is 0 Å². The van der Waals surface area contributed by atoms with Gasteiger partial charge in [0.05, 0.1) is 0 Å². The lowest BCUT2D eigenvalue weighted by molar-refractivity contribution is 0.263. The van der Waals surface area contributed by atoms with Gasteiger partial charge in [0.2, 0.25) is 0 Å². The average molecular weight is 264 g/mol. The van der Waals surface area contributed by atoms with E-state index in [2.05, 4.69) is 46.5 Å². The summed E-state index contributed by atoms with van der Waals surface area (Å²) in [7, 11) is 2.16. The zero-order valence-corrected chi connectivity index (χ0v) is 12.0. The first-order valence-electron chi connectivity index (χ1n) is 6.88. The van der Waals surface area contributed by atoms with Crippen molar-refractivity contribution in [3.63, 3.8) is 0 Å². The molecule has 2 heterocycles. The fourth-order valence-corrected chi connectivity index (χ4v) is 2.52. The topological polar surface area (TPSA) is 79.1 Å². The van der Waals surface area contributed by atoms with Gasteiger partial charge < -0.3 is 15.6 Å². The number of hydrogen-bond acceptors (Lipinski definition) is 6. The number of anilines is 2. The van der Waals surface area contributed by atoms with E-state index in [1.54, 1.807) is 6.33 Å². The maximum Gasteiger partial charge on any atom is 0.148 e. The van der Waals surface area contributed by atoms with Gasteiger partial charge in [-0.25, -0.2) is 15.8 Å². The van der Waals surface area contributed by atoms with Crippen molar-refractivity contribution in [3.05, 3.63) is 11.9 Å². The number of nitrogens with two attached hydrogens (primary N) is 1. The summed E-state index contributed by atoms with van der Waals surface area (Å²) in [5.74, 6) is 7.47. The van der Waals surface area contributed by atoms with Crippen molar-refractivity contribution < 1.29 is 0 Å². The molecule has 1 aromatic heterocycles. The largest absolute Gasteiger partial charge is 0.367 e. The van der Waals surface area contributed by atoms with Crippen molar-refractivity contribution in [2.75, 3.05) is 30.9 Å². The number of hydrogen-bond donors (Lipinski definition) is 3. The molecule has 0 bridgehead atoms. The van der Waals surface area contributed by atoms with Crippen LogP contribution in [0.4, 0.5) is 11.6 Å². The molecule has 1 saturated heterocycles. The van der Waals surface area contributed by atoms with Gasteiger partial charge in [-0.15, -0.1) is 0 Å². The van der Waals surface area contributed by atoms with Crippen molar-refractivity contribution in [1.82, 2.24) is 14.9 Å². The molecule has 19 heavy (non-hydrogen) atoms. The number of aromatic nitrogens is 2. The Bertz CT molecular complexity index is 412. The Morgan fingerprint density at radius 1 is 1.26 bits per heavy atom. The van der Waals surface area contributed by atoms with Crippen molar-refractivity contribution in [1.29, 1.82) is 0 Å². The molecule has 1 fully saturated rings. The van der Waals surface area contributed by atoms with Gasteiger partial charge in [-0.1, -0.05) is 13.8 Å². The SMILES string of the molecule is CC(C)c1c(NN)ncnc1NC1CCN(C)CC1. The highest BCUT2D eigenvalue weighted by atomic mass is 15.3. The minimum Gasteiger partial charge on any atom is -0.367 e. The maximum absolute atomic E-state index is 5.53. The van der Waals surface area contributed by atoms with E-state index in [0.29, 0.717) is 17.8 Å². The standard InChI is InChI=1S/C13H24N6/c1-9(2)11-12(15-8-16-13(11)18-14)17-10-4-6-19(3)7-5-10/h8-10H,4-7,14H2,1-3H3,(H2,15,16,17,18). The highest BCUT2D eigenvalue weighted by molar-refractivity contribution is 5.58. The summed E-state index contributed by atoms with van der Waals surface area (Å²) in [6.45, 7) is 6.50. The van der Waals surface area contributed by atoms with Gasteiger partial charge >= 0.3 is 0 Å². The first kappa shape index (κ1) is 14.0. The second-order valence-corrected chi connectivity index (χ2v) is 5.51. The monoisotopic (exact) mass is 264 g/mol. The van der Waals surface area contributed by atoms with E-state index in [9.17, 15) is 0 Å². The third kappa shape index (κ3) is 3.33. The Balaban J connectivity index is 2.15. The predicted octanol–water partition coefficient (Wildman–Crippen LogP) is 1.39. The number of likely N-dealkylation sites (tertiary alicyclic amines) is 1. The van der Waals surface area contributed by atoms with Crippen LogP contribution in [0.2, 0.25) is 0 Å². The molecule has 1 aliphatic heterocycles. The van der Waals surface area contributed by atoms with E-state index in [1.807, 2.05) is 0 Å². The van der Waals surface area contributed by atoms with Crippen LogP contribution >= 0.6 is 0 Å².